The third-order valence-electron chi connectivity index (χ3n) is 4.67. The Morgan fingerprint density at radius 1 is 1.32 bits per heavy atom. The van der Waals surface area contributed by atoms with Gasteiger partial charge in [-0.2, -0.15) is 0 Å². The lowest BCUT2D eigenvalue weighted by atomic mass is 10.2. The summed E-state index contributed by atoms with van der Waals surface area (Å²) in [5.41, 5.74) is 0. The van der Waals surface area contributed by atoms with E-state index < -0.39 is 0 Å². The fraction of sp³-hybridized carbons (Fsp3) is 0.667. The number of carbonyl (C=O) groups excluding carboxylic acids is 2. The third-order valence-corrected chi connectivity index (χ3v) is 5.72. The molecule has 2 fully saturated rings. The van der Waals surface area contributed by atoms with E-state index in [0.717, 1.165) is 25.1 Å². The molecule has 1 atom stereocenters. The van der Waals surface area contributed by atoms with Crippen LogP contribution in [0.25, 0.3) is 0 Å². The monoisotopic (exact) mass is 426 g/mol. The molecular formula is C18H27ClN6O2S. The Kier molecular flexibility index (Phi) is 7.23. The molecule has 1 aliphatic heterocycles. The molecule has 2 aliphatic rings. The van der Waals surface area contributed by atoms with Crippen LogP contribution in [0.1, 0.15) is 33.1 Å². The van der Waals surface area contributed by atoms with Crippen LogP contribution in [0.5, 0.6) is 0 Å². The second-order valence-electron chi connectivity index (χ2n) is 7.18. The Morgan fingerprint density at radius 2 is 2.11 bits per heavy atom. The van der Waals surface area contributed by atoms with Gasteiger partial charge in [0.05, 0.1) is 5.75 Å². The Labute approximate surface area is 174 Å². The lowest BCUT2D eigenvalue weighted by Crippen LogP contribution is -2.56. The van der Waals surface area contributed by atoms with Crippen molar-refractivity contribution < 1.29 is 9.59 Å². The fourth-order valence-corrected chi connectivity index (χ4v) is 3.93. The molecule has 10 heteroatoms. The number of anilines is 1. The van der Waals surface area contributed by atoms with Gasteiger partial charge in [-0.05, 0) is 26.2 Å². The second-order valence-corrected chi connectivity index (χ2v) is 8.51. The first-order valence-corrected chi connectivity index (χ1v) is 11.1. The molecular weight excluding hydrogens is 400 g/mol. The zero-order valence-electron chi connectivity index (χ0n) is 16.3. The van der Waals surface area contributed by atoms with E-state index in [0.29, 0.717) is 42.5 Å². The molecule has 2 heterocycles. The molecule has 1 aromatic rings. The molecule has 0 bridgehead atoms. The lowest BCUT2D eigenvalue weighted by molar-refractivity contribution is -0.118. The van der Waals surface area contributed by atoms with Crippen LogP contribution in [0.15, 0.2) is 11.2 Å². The molecule has 0 aromatic carbocycles. The van der Waals surface area contributed by atoms with Crippen molar-refractivity contribution in [3.8, 4) is 0 Å². The summed E-state index contributed by atoms with van der Waals surface area (Å²) in [5.74, 6) is 1.00. The first-order valence-electron chi connectivity index (χ1n) is 9.72. The van der Waals surface area contributed by atoms with Gasteiger partial charge in [0.15, 0.2) is 5.16 Å². The minimum Gasteiger partial charge on any atom is -0.353 e. The molecule has 1 saturated carbocycles. The summed E-state index contributed by atoms with van der Waals surface area (Å²) in [6, 6.07) is 2.11. The van der Waals surface area contributed by atoms with Crippen LogP contribution < -0.4 is 15.5 Å². The number of urea groups is 1. The van der Waals surface area contributed by atoms with Gasteiger partial charge in [-0.25, -0.2) is 14.8 Å². The summed E-state index contributed by atoms with van der Waals surface area (Å²) in [7, 11) is 0. The van der Waals surface area contributed by atoms with Crippen LogP contribution in [-0.4, -0.2) is 70.8 Å². The lowest BCUT2D eigenvalue weighted by Gasteiger charge is -2.40. The number of nitrogens with zero attached hydrogens (tertiary/aromatic N) is 4. The summed E-state index contributed by atoms with van der Waals surface area (Å²) in [6.45, 7) is 6.69. The molecule has 0 radical (unpaired) electrons. The van der Waals surface area contributed by atoms with Crippen LogP contribution >= 0.6 is 23.4 Å². The SMILES string of the molecule is CCCNC(=O)N1CCN(c2cc(Cl)nc(SCC(=O)NC3CC3)n2)CC1C. The van der Waals surface area contributed by atoms with Gasteiger partial charge in [0.1, 0.15) is 11.0 Å². The molecule has 1 unspecified atom stereocenters. The number of aromatic nitrogens is 2. The van der Waals surface area contributed by atoms with Crippen molar-refractivity contribution in [2.75, 3.05) is 36.8 Å². The molecule has 154 valence electrons. The zero-order chi connectivity index (χ0) is 20.1. The molecule has 1 saturated heterocycles. The van der Waals surface area contributed by atoms with Crippen molar-refractivity contribution in [1.82, 2.24) is 25.5 Å². The number of nitrogens with one attached hydrogen (secondary N) is 2. The summed E-state index contributed by atoms with van der Waals surface area (Å²) < 4.78 is 0. The Hall–Kier alpha value is -1.74. The van der Waals surface area contributed by atoms with Gasteiger partial charge in [-0.3, -0.25) is 4.79 Å². The number of piperazine rings is 1. The maximum Gasteiger partial charge on any atom is 0.317 e. The van der Waals surface area contributed by atoms with Gasteiger partial charge in [0.25, 0.3) is 0 Å². The standard InChI is InChI=1S/C18H27ClN6O2S/c1-3-6-20-18(27)25-8-7-24(10-12(25)2)15-9-14(19)22-17(23-15)28-11-16(26)21-13-4-5-13/h9,12-13H,3-8,10-11H2,1-2H3,(H,20,27)(H,21,26). The van der Waals surface area contributed by atoms with Crippen LogP contribution in [0.2, 0.25) is 5.15 Å². The minimum atomic E-state index is -0.0207. The number of thioether (sulfide) groups is 1. The van der Waals surface area contributed by atoms with Crippen LogP contribution in [-0.2, 0) is 4.79 Å². The fourth-order valence-electron chi connectivity index (χ4n) is 3.04. The topological polar surface area (TPSA) is 90.5 Å². The summed E-state index contributed by atoms with van der Waals surface area (Å²) in [5, 5.41) is 6.72. The van der Waals surface area contributed by atoms with Crippen LogP contribution in [0, 0.1) is 0 Å². The summed E-state index contributed by atoms with van der Waals surface area (Å²) in [6.07, 6.45) is 3.04. The van der Waals surface area contributed by atoms with Crippen molar-refractivity contribution in [3.05, 3.63) is 11.2 Å². The summed E-state index contributed by atoms with van der Waals surface area (Å²) in [4.78, 5) is 36.9. The van der Waals surface area contributed by atoms with Crippen molar-refractivity contribution >= 4 is 41.1 Å². The van der Waals surface area contributed by atoms with E-state index >= 15 is 0 Å². The first kappa shape index (κ1) is 21.0. The molecule has 1 aromatic heterocycles. The molecule has 3 rings (SSSR count). The van der Waals surface area contributed by atoms with E-state index in [-0.39, 0.29) is 23.7 Å². The average Bonchev–Trinajstić information content (AvgIpc) is 3.48. The predicted molar refractivity (Wildman–Crippen MR) is 111 cm³/mol. The molecule has 8 nitrogen and oxygen atoms in total. The highest BCUT2D eigenvalue weighted by Crippen LogP contribution is 2.24. The maximum absolute atomic E-state index is 12.3. The average molecular weight is 427 g/mol. The number of hydrogen-bond donors (Lipinski definition) is 2. The number of carbonyl (C=O) groups is 2. The second kappa shape index (κ2) is 9.65. The normalized spacial score (nSPS) is 19.5. The van der Waals surface area contributed by atoms with Gasteiger partial charge < -0.3 is 20.4 Å². The molecule has 0 spiro atoms. The van der Waals surface area contributed by atoms with Gasteiger partial charge in [-0.15, -0.1) is 0 Å². The first-order chi connectivity index (χ1) is 13.5. The van der Waals surface area contributed by atoms with E-state index in [4.69, 9.17) is 11.6 Å². The highest BCUT2D eigenvalue weighted by atomic mass is 35.5. The summed E-state index contributed by atoms with van der Waals surface area (Å²) >= 11 is 7.47. The van der Waals surface area contributed by atoms with Gasteiger partial charge >= 0.3 is 6.03 Å². The van der Waals surface area contributed by atoms with E-state index in [2.05, 4.69) is 25.5 Å². The smallest absolute Gasteiger partial charge is 0.317 e. The number of amides is 3. The Balaban J connectivity index is 1.58. The highest BCUT2D eigenvalue weighted by Gasteiger charge is 2.28. The van der Waals surface area contributed by atoms with E-state index in [1.165, 1.54) is 11.8 Å². The van der Waals surface area contributed by atoms with Crippen molar-refractivity contribution in [2.45, 2.75) is 50.4 Å². The largest absolute Gasteiger partial charge is 0.353 e. The molecule has 3 amide bonds. The molecule has 28 heavy (non-hydrogen) atoms. The Morgan fingerprint density at radius 3 is 2.79 bits per heavy atom. The van der Waals surface area contributed by atoms with Crippen molar-refractivity contribution in [2.24, 2.45) is 0 Å². The van der Waals surface area contributed by atoms with E-state index in [9.17, 15) is 9.59 Å². The maximum atomic E-state index is 12.3. The van der Waals surface area contributed by atoms with Gasteiger partial charge in [-0.1, -0.05) is 30.3 Å². The highest BCUT2D eigenvalue weighted by molar-refractivity contribution is 7.99. The van der Waals surface area contributed by atoms with Gasteiger partial charge in [0, 0.05) is 44.3 Å². The number of rotatable bonds is 7. The van der Waals surface area contributed by atoms with E-state index in [1.54, 1.807) is 6.07 Å². The number of hydrogen-bond acceptors (Lipinski definition) is 6. The molecule has 1 aliphatic carbocycles. The van der Waals surface area contributed by atoms with Crippen molar-refractivity contribution in [3.63, 3.8) is 0 Å². The van der Waals surface area contributed by atoms with Crippen LogP contribution in [0.3, 0.4) is 0 Å². The zero-order valence-corrected chi connectivity index (χ0v) is 17.9. The van der Waals surface area contributed by atoms with Gasteiger partial charge in [0.2, 0.25) is 5.91 Å². The molecule has 2 N–H and O–H groups in total. The predicted octanol–water partition coefficient (Wildman–Crippen LogP) is 2.13. The van der Waals surface area contributed by atoms with E-state index in [1.807, 2.05) is 18.7 Å². The third kappa shape index (κ3) is 5.88. The quantitative estimate of drug-likeness (QED) is 0.394. The Bertz CT molecular complexity index is 717. The van der Waals surface area contributed by atoms with Crippen molar-refractivity contribution in [1.29, 1.82) is 0 Å². The minimum absolute atomic E-state index is 0.00189. The van der Waals surface area contributed by atoms with Crippen LogP contribution in [0.4, 0.5) is 10.6 Å². The number of halogens is 1.